The number of halogens is 4. The quantitative estimate of drug-likeness (QED) is 0.770. The van der Waals surface area contributed by atoms with Gasteiger partial charge in [-0.3, -0.25) is 9.59 Å². The fraction of sp³-hybridized carbons (Fsp3) is 0.579. The first-order valence-corrected chi connectivity index (χ1v) is 9.32. The maximum Gasteiger partial charge on any atom is 0.349 e. The van der Waals surface area contributed by atoms with Gasteiger partial charge in [-0.1, -0.05) is 0 Å². The molecule has 0 spiro atoms. The molecule has 2 aliphatic heterocycles. The minimum absolute atomic E-state index is 0. The molecule has 2 amide bonds. The number of alkyl halides is 2. The molecule has 0 saturated carbocycles. The van der Waals surface area contributed by atoms with Crippen LogP contribution in [0.4, 0.5) is 13.2 Å². The topological polar surface area (TPSA) is 61.4 Å². The Kier molecular flexibility index (Phi) is 7.71. The number of piperidine rings is 1. The molecule has 0 aliphatic carbocycles. The first-order valence-electron chi connectivity index (χ1n) is 9.32. The summed E-state index contributed by atoms with van der Waals surface area (Å²) < 4.78 is 42.0. The Hall–Kier alpha value is -1.80. The number of likely N-dealkylation sites (tertiary alicyclic amines) is 1. The van der Waals surface area contributed by atoms with E-state index in [1.54, 1.807) is 0 Å². The molecule has 2 N–H and O–H groups in total. The summed E-state index contributed by atoms with van der Waals surface area (Å²) in [6.07, 6.45) is 3.13. The summed E-state index contributed by atoms with van der Waals surface area (Å²) in [6, 6.07) is 3.52. The van der Waals surface area contributed by atoms with Crippen molar-refractivity contribution in [2.24, 2.45) is 5.92 Å². The molecule has 156 valence electrons. The number of nitrogens with zero attached hydrogens (tertiary/aromatic N) is 1. The van der Waals surface area contributed by atoms with Crippen molar-refractivity contribution in [3.05, 3.63) is 35.6 Å². The molecule has 0 aromatic heterocycles. The maximum absolute atomic E-state index is 14.5. The second-order valence-corrected chi connectivity index (χ2v) is 7.23. The van der Waals surface area contributed by atoms with Gasteiger partial charge >= 0.3 is 5.92 Å². The Bertz CT molecular complexity index is 682. The van der Waals surface area contributed by atoms with Crippen LogP contribution in [-0.4, -0.2) is 48.9 Å². The zero-order chi connectivity index (χ0) is 19.4. The summed E-state index contributed by atoms with van der Waals surface area (Å²) in [6.45, 7) is 1.61. The summed E-state index contributed by atoms with van der Waals surface area (Å²) in [5.41, 5.74) is -0.517. The molecule has 2 heterocycles. The highest BCUT2D eigenvalue weighted by molar-refractivity contribution is 5.85. The monoisotopic (exact) mass is 419 g/mol. The second kappa shape index (κ2) is 9.60. The minimum atomic E-state index is -3.70. The van der Waals surface area contributed by atoms with Crippen LogP contribution in [0.3, 0.4) is 0 Å². The molecule has 2 aliphatic rings. The zero-order valence-electron chi connectivity index (χ0n) is 15.4. The number of nitrogens with one attached hydrogen (secondary N) is 2. The van der Waals surface area contributed by atoms with Gasteiger partial charge in [0.15, 0.2) is 0 Å². The van der Waals surface area contributed by atoms with Crippen molar-refractivity contribution in [2.75, 3.05) is 26.2 Å². The van der Waals surface area contributed by atoms with Gasteiger partial charge in [-0.2, -0.15) is 8.78 Å². The van der Waals surface area contributed by atoms with Gasteiger partial charge in [0.25, 0.3) is 5.91 Å². The Morgan fingerprint density at radius 3 is 2.54 bits per heavy atom. The minimum Gasteiger partial charge on any atom is -0.354 e. The molecular weight excluding hydrogens is 395 g/mol. The molecule has 0 radical (unpaired) electrons. The van der Waals surface area contributed by atoms with Crippen LogP contribution >= 0.6 is 12.4 Å². The van der Waals surface area contributed by atoms with Gasteiger partial charge in [0.05, 0.1) is 6.04 Å². The Labute approximate surface area is 168 Å². The van der Waals surface area contributed by atoms with Crippen LogP contribution in [0.2, 0.25) is 0 Å². The molecule has 28 heavy (non-hydrogen) atoms. The van der Waals surface area contributed by atoms with Gasteiger partial charge in [-0.25, -0.2) is 4.39 Å². The highest BCUT2D eigenvalue weighted by Gasteiger charge is 2.44. The Balaban J connectivity index is 0.00000280. The largest absolute Gasteiger partial charge is 0.354 e. The van der Waals surface area contributed by atoms with Crippen molar-refractivity contribution >= 4 is 24.2 Å². The molecule has 2 saturated heterocycles. The van der Waals surface area contributed by atoms with Crippen molar-refractivity contribution in [3.8, 4) is 0 Å². The molecule has 9 heteroatoms. The fourth-order valence-electron chi connectivity index (χ4n) is 3.67. The lowest BCUT2D eigenvalue weighted by molar-refractivity contribution is -0.161. The van der Waals surface area contributed by atoms with Crippen LogP contribution in [0.25, 0.3) is 0 Å². The maximum atomic E-state index is 14.5. The lowest BCUT2D eigenvalue weighted by Crippen LogP contribution is -2.49. The van der Waals surface area contributed by atoms with Crippen LogP contribution in [0, 0.1) is 11.7 Å². The number of hydrogen-bond acceptors (Lipinski definition) is 3. The molecule has 5 nitrogen and oxygen atoms in total. The Morgan fingerprint density at radius 2 is 1.89 bits per heavy atom. The summed E-state index contributed by atoms with van der Waals surface area (Å²) in [7, 11) is 0. The average Bonchev–Trinajstić information content (AvgIpc) is 3.21. The van der Waals surface area contributed by atoms with Crippen LogP contribution < -0.4 is 10.6 Å². The highest BCUT2D eigenvalue weighted by atomic mass is 35.5. The van der Waals surface area contributed by atoms with Crippen molar-refractivity contribution < 1.29 is 22.8 Å². The van der Waals surface area contributed by atoms with E-state index in [9.17, 15) is 22.8 Å². The number of benzene rings is 1. The van der Waals surface area contributed by atoms with Gasteiger partial charge in [-0.05, 0) is 62.4 Å². The normalized spacial score (nSPS) is 22.5. The van der Waals surface area contributed by atoms with Crippen molar-refractivity contribution in [1.82, 2.24) is 15.5 Å². The van der Waals surface area contributed by atoms with Crippen molar-refractivity contribution in [2.45, 2.75) is 37.6 Å². The Morgan fingerprint density at radius 1 is 1.18 bits per heavy atom. The molecule has 1 aromatic carbocycles. The second-order valence-electron chi connectivity index (χ2n) is 7.23. The van der Waals surface area contributed by atoms with Crippen LogP contribution in [0.1, 0.15) is 31.2 Å². The fourth-order valence-corrected chi connectivity index (χ4v) is 3.67. The van der Waals surface area contributed by atoms with Gasteiger partial charge < -0.3 is 15.5 Å². The van der Waals surface area contributed by atoms with E-state index in [1.165, 1.54) is 0 Å². The van der Waals surface area contributed by atoms with E-state index in [2.05, 4.69) is 10.6 Å². The first-order chi connectivity index (χ1) is 12.9. The molecule has 0 bridgehead atoms. The molecule has 3 rings (SSSR count). The smallest absolute Gasteiger partial charge is 0.349 e. The zero-order valence-corrected chi connectivity index (χ0v) is 16.2. The average molecular weight is 420 g/mol. The third-order valence-electron chi connectivity index (χ3n) is 5.22. The van der Waals surface area contributed by atoms with Gasteiger partial charge in [0, 0.05) is 25.2 Å². The van der Waals surface area contributed by atoms with Gasteiger partial charge in [-0.15, -0.1) is 12.4 Å². The van der Waals surface area contributed by atoms with E-state index in [-0.39, 0.29) is 43.4 Å². The third-order valence-corrected chi connectivity index (χ3v) is 5.22. The van der Waals surface area contributed by atoms with Gasteiger partial charge in [0.1, 0.15) is 5.82 Å². The summed E-state index contributed by atoms with van der Waals surface area (Å²) in [4.78, 5) is 25.6. The van der Waals surface area contributed by atoms with E-state index < -0.39 is 23.2 Å². The SMILES string of the molecule is Cl.O=C(NCC1CCCN(C(=O)C(F)(F)c2ccc(F)cc2)C1)C1CCCN1. The molecule has 2 atom stereocenters. The first kappa shape index (κ1) is 22.5. The summed E-state index contributed by atoms with van der Waals surface area (Å²) >= 11 is 0. The predicted molar refractivity (Wildman–Crippen MR) is 101 cm³/mol. The van der Waals surface area contributed by atoms with Crippen molar-refractivity contribution in [3.63, 3.8) is 0 Å². The predicted octanol–water partition coefficient (Wildman–Crippen LogP) is 2.45. The number of carbonyl (C=O) groups excluding carboxylic acids is 2. The van der Waals surface area contributed by atoms with E-state index in [1.807, 2.05) is 0 Å². The van der Waals surface area contributed by atoms with Crippen LogP contribution in [-0.2, 0) is 15.5 Å². The number of amides is 2. The van der Waals surface area contributed by atoms with E-state index in [0.717, 1.165) is 55.0 Å². The molecular formula is C19H25ClF3N3O2. The number of rotatable bonds is 5. The third kappa shape index (κ3) is 5.17. The molecule has 2 fully saturated rings. The highest BCUT2D eigenvalue weighted by Crippen LogP contribution is 2.32. The molecule has 2 unspecified atom stereocenters. The summed E-state index contributed by atoms with van der Waals surface area (Å²) in [5.74, 6) is -5.74. The van der Waals surface area contributed by atoms with Crippen LogP contribution in [0.5, 0.6) is 0 Å². The van der Waals surface area contributed by atoms with E-state index >= 15 is 0 Å². The summed E-state index contributed by atoms with van der Waals surface area (Å²) in [5, 5.41) is 5.97. The van der Waals surface area contributed by atoms with Crippen LogP contribution in [0.15, 0.2) is 24.3 Å². The molecule has 1 aromatic rings. The van der Waals surface area contributed by atoms with Gasteiger partial charge in [0.2, 0.25) is 5.91 Å². The number of hydrogen-bond donors (Lipinski definition) is 2. The standard InChI is InChI=1S/C19H24F3N3O2.ClH/c20-15-7-5-14(6-8-15)19(21,22)18(27)25-10-2-3-13(12-25)11-24-17(26)16-4-1-9-23-16;/h5-8,13,16,23H,1-4,9-12H2,(H,24,26);1H. The lowest BCUT2D eigenvalue weighted by Gasteiger charge is -2.35. The number of carbonyl (C=O) groups is 2. The van der Waals surface area contributed by atoms with E-state index in [4.69, 9.17) is 0 Å². The lowest BCUT2D eigenvalue weighted by atomic mass is 9.96. The van der Waals surface area contributed by atoms with Crippen molar-refractivity contribution in [1.29, 1.82) is 0 Å². The van der Waals surface area contributed by atoms with E-state index in [0.29, 0.717) is 13.0 Å².